The lowest BCUT2D eigenvalue weighted by Crippen LogP contribution is -2.68. The molecule has 7 nitrogen and oxygen atoms in total. The van der Waals surface area contributed by atoms with Crippen LogP contribution >= 0.6 is 0 Å². The van der Waals surface area contributed by atoms with Gasteiger partial charge < -0.3 is 19.7 Å². The molecule has 0 aliphatic carbocycles. The van der Waals surface area contributed by atoms with Crippen molar-refractivity contribution in [2.24, 2.45) is 0 Å². The van der Waals surface area contributed by atoms with Crippen molar-refractivity contribution in [3.63, 3.8) is 0 Å². The first-order chi connectivity index (χ1) is 14.6. The van der Waals surface area contributed by atoms with Crippen LogP contribution in [-0.2, 0) is 17.9 Å². The molecule has 2 atom stereocenters. The summed E-state index contributed by atoms with van der Waals surface area (Å²) in [7, 11) is 0. The average Bonchev–Trinajstić information content (AvgIpc) is 3.23. The van der Waals surface area contributed by atoms with E-state index >= 15 is 0 Å². The molecule has 2 unspecified atom stereocenters. The first-order valence-corrected chi connectivity index (χ1v) is 10.1. The molecule has 3 heterocycles. The molecule has 0 spiro atoms. The van der Waals surface area contributed by atoms with Gasteiger partial charge in [-0.3, -0.25) is 9.69 Å². The highest BCUT2D eigenvalue weighted by molar-refractivity contribution is 6.00. The van der Waals surface area contributed by atoms with Crippen molar-refractivity contribution in [3.05, 3.63) is 59.4 Å². The normalized spacial score (nSPS) is 23.0. The number of ether oxygens (including phenoxy) is 2. The number of hydrogen-bond donors (Lipinski definition) is 1. The fourth-order valence-electron chi connectivity index (χ4n) is 4.36. The summed E-state index contributed by atoms with van der Waals surface area (Å²) in [6.07, 6.45) is 1.65. The van der Waals surface area contributed by atoms with Crippen molar-refractivity contribution in [1.29, 1.82) is 0 Å². The van der Waals surface area contributed by atoms with Gasteiger partial charge in [0, 0.05) is 6.54 Å². The second-order valence-electron chi connectivity index (χ2n) is 7.79. The molecule has 0 bridgehead atoms. The van der Waals surface area contributed by atoms with Crippen LogP contribution in [-0.4, -0.2) is 47.2 Å². The van der Waals surface area contributed by atoms with E-state index in [2.05, 4.69) is 5.32 Å². The molecule has 3 amide bonds. The molecule has 156 valence electrons. The van der Waals surface area contributed by atoms with Crippen LogP contribution in [0.2, 0.25) is 0 Å². The number of piperidine rings is 1. The zero-order valence-electron chi connectivity index (χ0n) is 16.3. The number of halogens is 1. The van der Waals surface area contributed by atoms with Gasteiger partial charge in [-0.1, -0.05) is 18.2 Å². The number of urea groups is 1. The van der Waals surface area contributed by atoms with E-state index in [9.17, 15) is 14.0 Å². The van der Waals surface area contributed by atoms with Crippen LogP contribution in [0.15, 0.2) is 42.5 Å². The largest absolute Gasteiger partial charge is 0.454 e. The number of amides is 3. The zero-order chi connectivity index (χ0) is 20.7. The molecule has 8 heteroatoms. The Bertz CT molecular complexity index is 981. The average molecular weight is 411 g/mol. The van der Waals surface area contributed by atoms with Crippen LogP contribution < -0.4 is 14.8 Å². The number of carbonyl (C=O) groups excluding carboxylic acids is 2. The quantitative estimate of drug-likeness (QED) is 0.838. The topological polar surface area (TPSA) is 71.1 Å². The first kappa shape index (κ1) is 18.9. The molecular weight excluding hydrogens is 389 g/mol. The minimum atomic E-state index is -0.439. The van der Waals surface area contributed by atoms with E-state index in [1.165, 1.54) is 17.0 Å². The van der Waals surface area contributed by atoms with Crippen LogP contribution in [0.4, 0.5) is 9.18 Å². The second kappa shape index (κ2) is 7.60. The first-order valence-electron chi connectivity index (χ1n) is 10.1. The SMILES string of the molecule is O=C1C2NCCCC2N(Cc2ccc(F)cc2)C(=O)N1Cc1ccc2c(c1)OCO2. The van der Waals surface area contributed by atoms with Gasteiger partial charge in [0.05, 0.1) is 12.6 Å². The summed E-state index contributed by atoms with van der Waals surface area (Å²) in [5.41, 5.74) is 1.61. The molecular formula is C22H22FN3O4. The predicted octanol–water partition coefficient (Wildman–Crippen LogP) is 2.64. The van der Waals surface area contributed by atoms with Crippen LogP contribution in [0.25, 0.3) is 0 Å². The van der Waals surface area contributed by atoms with Crippen LogP contribution in [0.3, 0.4) is 0 Å². The van der Waals surface area contributed by atoms with Crippen LogP contribution in [0.1, 0.15) is 24.0 Å². The van der Waals surface area contributed by atoms with E-state index in [4.69, 9.17) is 9.47 Å². The summed E-state index contributed by atoms with van der Waals surface area (Å²) in [5, 5.41) is 3.28. The van der Waals surface area contributed by atoms with Gasteiger partial charge >= 0.3 is 6.03 Å². The Hall–Kier alpha value is -3.13. The zero-order valence-corrected chi connectivity index (χ0v) is 16.3. The minimum absolute atomic E-state index is 0.152. The summed E-state index contributed by atoms with van der Waals surface area (Å²) >= 11 is 0. The van der Waals surface area contributed by atoms with Gasteiger partial charge in [-0.05, 0) is 54.8 Å². The maximum atomic E-state index is 13.4. The van der Waals surface area contributed by atoms with Crippen molar-refractivity contribution in [2.45, 2.75) is 38.0 Å². The molecule has 5 rings (SSSR count). The summed E-state index contributed by atoms with van der Waals surface area (Å²) < 4.78 is 24.0. The summed E-state index contributed by atoms with van der Waals surface area (Å²) in [5.74, 6) is 0.738. The highest BCUT2D eigenvalue weighted by Gasteiger charge is 2.47. The van der Waals surface area contributed by atoms with Crippen molar-refractivity contribution in [3.8, 4) is 11.5 Å². The lowest BCUT2D eigenvalue weighted by Gasteiger charge is -2.47. The fraction of sp³-hybridized carbons (Fsp3) is 0.364. The summed E-state index contributed by atoms with van der Waals surface area (Å²) in [6.45, 7) is 1.38. The van der Waals surface area contributed by atoms with Gasteiger partial charge in [-0.15, -0.1) is 0 Å². The third-order valence-electron chi connectivity index (χ3n) is 5.88. The smallest absolute Gasteiger partial charge is 0.327 e. The third-order valence-corrected chi connectivity index (χ3v) is 5.88. The number of imide groups is 1. The van der Waals surface area contributed by atoms with Gasteiger partial charge in [0.15, 0.2) is 11.5 Å². The Labute approximate surface area is 173 Å². The number of carbonyl (C=O) groups is 2. The van der Waals surface area contributed by atoms with Gasteiger partial charge in [-0.25, -0.2) is 9.18 Å². The van der Waals surface area contributed by atoms with Gasteiger partial charge in [-0.2, -0.15) is 0 Å². The molecule has 2 saturated heterocycles. The fourth-order valence-corrected chi connectivity index (χ4v) is 4.36. The number of benzene rings is 2. The Morgan fingerprint density at radius 1 is 1.00 bits per heavy atom. The molecule has 3 aliphatic rings. The number of nitrogens with zero attached hydrogens (tertiary/aromatic N) is 2. The second-order valence-corrected chi connectivity index (χ2v) is 7.79. The van der Waals surface area contributed by atoms with E-state index in [1.54, 1.807) is 29.2 Å². The van der Waals surface area contributed by atoms with E-state index < -0.39 is 6.04 Å². The van der Waals surface area contributed by atoms with Crippen molar-refractivity contribution in [2.75, 3.05) is 13.3 Å². The molecule has 1 N–H and O–H groups in total. The maximum absolute atomic E-state index is 13.4. The van der Waals surface area contributed by atoms with E-state index in [1.807, 2.05) is 6.07 Å². The van der Waals surface area contributed by atoms with E-state index in [0.29, 0.717) is 18.0 Å². The monoisotopic (exact) mass is 411 g/mol. The molecule has 0 saturated carbocycles. The Morgan fingerprint density at radius 2 is 1.77 bits per heavy atom. The van der Waals surface area contributed by atoms with Crippen molar-refractivity contribution in [1.82, 2.24) is 15.1 Å². The van der Waals surface area contributed by atoms with Gasteiger partial charge in [0.2, 0.25) is 12.7 Å². The number of hydrogen-bond acceptors (Lipinski definition) is 5. The summed E-state index contributed by atoms with van der Waals surface area (Å²) in [6, 6.07) is 10.6. The Balaban J connectivity index is 1.42. The molecule has 3 aliphatic heterocycles. The highest BCUT2D eigenvalue weighted by atomic mass is 19.1. The summed E-state index contributed by atoms with van der Waals surface area (Å²) in [4.78, 5) is 29.6. The van der Waals surface area contributed by atoms with Gasteiger partial charge in [0.25, 0.3) is 0 Å². The van der Waals surface area contributed by atoms with E-state index in [-0.39, 0.29) is 37.1 Å². The van der Waals surface area contributed by atoms with Crippen LogP contribution in [0, 0.1) is 5.82 Å². The number of nitrogens with one attached hydrogen (secondary N) is 1. The number of rotatable bonds is 4. The molecule has 2 aromatic carbocycles. The lowest BCUT2D eigenvalue weighted by molar-refractivity contribution is -0.137. The Morgan fingerprint density at radius 3 is 2.60 bits per heavy atom. The minimum Gasteiger partial charge on any atom is -0.454 e. The van der Waals surface area contributed by atoms with E-state index in [0.717, 1.165) is 30.5 Å². The third kappa shape index (κ3) is 3.37. The van der Waals surface area contributed by atoms with Gasteiger partial charge in [0.1, 0.15) is 11.9 Å². The number of fused-ring (bicyclic) bond motifs is 2. The van der Waals surface area contributed by atoms with Crippen molar-refractivity contribution >= 4 is 11.9 Å². The molecule has 30 heavy (non-hydrogen) atoms. The molecule has 0 aromatic heterocycles. The standard InChI is InChI=1S/C22H22FN3O4/c23-16-6-3-14(4-7-16)11-25-17-2-1-9-24-20(17)21(27)26(22(25)28)12-15-5-8-18-19(10-15)30-13-29-18/h3-8,10,17,20,24H,1-2,9,11-13H2. The molecule has 0 radical (unpaired) electrons. The van der Waals surface area contributed by atoms with Crippen LogP contribution in [0.5, 0.6) is 11.5 Å². The molecule has 2 fully saturated rings. The highest BCUT2D eigenvalue weighted by Crippen LogP contribution is 2.34. The van der Waals surface area contributed by atoms with Crippen molar-refractivity contribution < 1.29 is 23.5 Å². The molecule has 2 aromatic rings. The maximum Gasteiger partial charge on any atom is 0.327 e. The lowest BCUT2D eigenvalue weighted by atomic mass is 9.93. The predicted molar refractivity (Wildman–Crippen MR) is 105 cm³/mol. The Kier molecular flexibility index (Phi) is 4.78.